The van der Waals surface area contributed by atoms with E-state index in [0.29, 0.717) is 6.42 Å². The normalized spacial score (nSPS) is 20.3. The number of benzene rings is 1. The van der Waals surface area contributed by atoms with Crippen molar-refractivity contribution in [2.24, 2.45) is 0 Å². The standard InChI is InChI=1S/C12H11F3OS/c13-8-5-4-7(10(14)11(8)15)12(16)9-3-1-2-6-17-9/h4-5,9H,1-3,6H2. The minimum Gasteiger partial charge on any atom is -0.293 e. The zero-order chi connectivity index (χ0) is 12.4. The topological polar surface area (TPSA) is 17.1 Å². The van der Waals surface area contributed by atoms with Crippen LogP contribution in [0.1, 0.15) is 29.6 Å². The summed E-state index contributed by atoms with van der Waals surface area (Å²) in [6.45, 7) is 0. The Morgan fingerprint density at radius 2 is 1.94 bits per heavy atom. The van der Waals surface area contributed by atoms with Crippen LogP contribution < -0.4 is 0 Å². The van der Waals surface area contributed by atoms with E-state index in [1.165, 1.54) is 11.8 Å². The summed E-state index contributed by atoms with van der Waals surface area (Å²) in [4.78, 5) is 11.9. The maximum absolute atomic E-state index is 13.4. The largest absolute Gasteiger partial charge is 0.293 e. The number of Topliss-reactive ketones (excluding diaryl/α,β-unsaturated/α-hetero) is 1. The van der Waals surface area contributed by atoms with Gasteiger partial charge in [0.2, 0.25) is 0 Å². The molecule has 0 aromatic heterocycles. The molecule has 0 N–H and O–H groups in total. The third-order valence-electron chi connectivity index (χ3n) is 2.77. The minimum atomic E-state index is -1.57. The molecule has 5 heteroatoms. The first-order valence-electron chi connectivity index (χ1n) is 5.40. The Balaban J connectivity index is 2.27. The summed E-state index contributed by atoms with van der Waals surface area (Å²) >= 11 is 1.45. The second-order valence-electron chi connectivity index (χ2n) is 3.94. The first-order chi connectivity index (χ1) is 8.11. The second-order valence-corrected chi connectivity index (χ2v) is 5.25. The van der Waals surface area contributed by atoms with Crippen LogP contribution in [0.3, 0.4) is 0 Å². The highest BCUT2D eigenvalue weighted by molar-refractivity contribution is 8.00. The second kappa shape index (κ2) is 5.12. The molecule has 1 heterocycles. The van der Waals surface area contributed by atoms with Crippen molar-refractivity contribution in [2.75, 3.05) is 5.75 Å². The van der Waals surface area contributed by atoms with Crippen molar-refractivity contribution in [3.05, 3.63) is 35.1 Å². The summed E-state index contributed by atoms with van der Waals surface area (Å²) < 4.78 is 39.2. The molecular formula is C12H11F3OS. The Morgan fingerprint density at radius 3 is 2.59 bits per heavy atom. The zero-order valence-electron chi connectivity index (χ0n) is 9.01. The number of ketones is 1. The van der Waals surface area contributed by atoms with Crippen LogP contribution in [0.15, 0.2) is 12.1 Å². The predicted molar refractivity (Wildman–Crippen MR) is 60.7 cm³/mol. The number of hydrogen-bond acceptors (Lipinski definition) is 2. The van der Waals surface area contributed by atoms with Gasteiger partial charge in [0.25, 0.3) is 0 Å². The number of rotatable bonds is 2. The van der Waals surface area contributed by atoms with Gasteiger partial charge in [0, 0.05) is 0 Å². The Bertz CT molecular complexity index is 442. The smallest absolute Gasteiger partial charge is 0.195 e. The van der Waals surface area contributed by atoms with E-state index in [0.717, 1.165) is 30.7 Å². The zero-order valence-corrected chi connectivity index (χ0v) is 9.83. The van der Waals surface area contributed by atoms with Crippen molar-refractivity contribution >= 4 is 17.5 Å². The lowest BCUT2D eigenvalue weighted by Gasteiger charge is -2.20. The van der Waals surface area contributed by atoms with Crippen molar-refractivity contribution in [2.45, 2.75) is 24.5 Å². The minimum absolute atomic E-state index is 0.330. The molecule has 1 aliphatic rings. The maximum atomic E-state index is 13.4. The lowest BCUT2D eigenvalue weighted by Crippen LogP contribution is -2.22. The summed E-state index contributed by atoms with van der Waals surface area (Å²) in [5.41, 5.74) is -0.344. The van der Waals surface area contributed by atoms with Gasteiger partial charge in [0.1, 0.15) is 0 Å². The maximum Gasteiger partial charge on any atom is 0.195 e. The number of thioether (sulfide) groups is 1. The molecule has 1 aromatic rings. The van der Waals surface area contributed by atoms with Gasteiger partial charge in [-0.2, -0.15) is 11.8 Å². The fraction of sp³-hybridized carbons (Fsp3) is 0.417. The number of carbonyl (C=O) groups is 1. The lowest BCUT2D eigenvalue weighted by atomic mass is 10.0. The molecule has 1 aromatic carbocycles. The summed E-state index contributed by atoms with van der Waals surface area (Å²) in [5.74, 6) is -3.80. The molecule has 17 heavy (non-hydrogen) atoms. The van der Waals surface area contributed by atoms with Crippen molar-refractivity contribution < 1.29 is 18.0 Å². The molecule has 0 saturated carbocycles. The summed E-state index contributed by atoms with van der Waals surface area (Å²) in [6, 6.07) is 1.81. The van der Waals surface area contributed by atoms with Crippen LogP contribution in [0.4, 0.5) is 13.2 Å². The molecule has 1 atom stereocenters. The summed E-state index contributed by atoms with van der Waals surface area (Å²) in [7, 11) is 0. The summed E-state index contributed by atoms with van der Waals surface area (Å²) in [5, 5.41) is -0.330. The lowest BCUT2D eigenvalue weighted by molar-refractivity contribution is 0.0979. The fourth-order valence-corrected chi connectivity index (χ4v) is 3.10. The molecule has 1 aliphatic heterocycles. The first-order valence-corrected chi connectivity index (χ1v) is 6.45. The molecule has 1 nitrogen and oxygen atoms in total. The molecule has 0 spiro atoms. The Kier molecular flexibility index (Phi) is 3.76. The predicted octanol–water partition coefficient (Wildman–Crippen LogP) is 3.57. The van der Waals surface area contributed by atoms with Crippen LogP contribution in [0.25, 0.3) is 0 Å². The van der Waals surface area contributed by atoms with E-state index in [-0.39, 0.29) is 10.8 Å². The molecule has 92 valence electrons. The molecule has 2 rings (SSSR count). The Labute approximate surface area is 101 Å². The van der Waals surface area contributed by atoms with Gasteiger partial charge in [0.15, 0.2) is 23.2 Å². The van der Waals surface area contributed by atoms with E-state index < -0.39 is 23.2 Å². The van der Waals surface area contributed by atoms with Crippen molar-refractivity contribution in [3.8, 4) is 0 Å². The van der Waals surface area contributed by atoms with Crippen LogP contribution in [-0.2, 0) is 0 Å². The van der Waals surface area contributed by atoms with Gasteiger partial charge in [-0.1, -0.05) is 6.42 Å². The highest BCUT2D eigenvalue weighted by Crippen LogP contribution is 2.29. The third-order valence-corrected chi connectivity index (χ3v) is 4.15. The van der Waals surface area contributed by atoms with E-state index >= 15 is 0 Å². The molecule has 1 unspecified atom stereocenters. The van der Waals surface area contributed by atoms with Gasteiger partial charge < -0.3 is 0 Å². The number of hydrogen-bond donors (Lipinski definition) is 0. The van der Waals surface area contributed by atoms with Gasteiger partial charge in [-0.15, -0.1) is 0 Å². The average Bonchev–Trinajstić information content (AvgIpc) is 2.36. The van der Waals surface area contributed by atoms with Crippen LogP contribution >= 0.6 is 11.8 Å². The van der Waals surface area contributed by atoms with E-state index in [4.69, 9.17) is 0 Å². The van der Waals surface area contributed by atoms with E-state index in [2.05, 4.69) is 0 Å². The number of carbonyl (C=O) groups excluding carboxylic acids is 1. The quantitative estimate of drug-likeness (QED) is 0.597. The molecule has 1 saturated heterocycles. The van der Waals surface area contributed by atoms with Gasteiger partial charge in [-0.25, -0.2) is 13.2 Å². The number of halogens is 3. The highest BCUT2D eigenvalue weighted by atomic mass is 32.2. The van der Waals surface area contributed by atoms with Crippen LogP contribution in [-0.4, -0.2) is 16.8 Å². The van der Waals surface area contributed by atoms with Crippen molar-refractivity contribution in [1.29, 1.82) is 0 Å². The van der Waals surface area contributed by atoms with E-state index in [1.54, 1.807) is 0 Å². The van der Waals surface area contributed by atoms with Gasteiger partial charge in [-0.05, 0) is 30.7 Å². The van der Waals surface area contributed by atoms with E-state index in [1.807, 2.05) is 0 Å². The molecule has 0 bridgehead atoms. The SMILES string of the molecule is O=C(c1ccc(F)c(F)c1F)C1CCCCS1. The van der Waals surface area contributed by atoms with Crippen molar-refractivity contribution in [1.82, 2.24) is 0 Å². The van der Waals surface area contributed by atoms with Crippen LogP contribution in [0.5, 0.6) is 0 Å². The monoisotopic (exact) mass is 260 g/mol. The molecule has 1 fully saturated rings. The first kappa shape index (κ1) is 12.5. The molecular weight excluding hydrogens is 249 g/mol. The highest BCUT2D eigenvalue weighted by Gasteiger charge is 2.27. The summed E-state index contributed by atoms with van der Waals surface area (Å²) in [6.07, 6.45) is 2.62. The van der Waals surface area contributed by atoms with Gasteiger partial charge in [0.05, 0.1) is 10.8 Å². The molecule has 0 radical (unpaired) electrons. The molecule has 0 amide bonds. The molecule has 0 aliphatic carbocycles. The Hall–Kier alpha value is -0.970. The average molecular weight is 260 g/mol. The van der Waals surface area contributed by atoms with Crippen molar-refractivity contribution in [3.63, 3.8) is 0 Å². The fourth-order valence-electron chi connectivity index (χ4n) is 1.84. The van der Waals surface area contributed by atoms with Gasteiger partial charge >= 0.3 is 0 Å². The van der Waals surface area contributed by atoms with Crippen LogP contribution in [0, 0.1) is 17.5 Å². The van der Waals surface area contributed by atoms with E-state index in [9.17, 15) is 18.0 Å². The van der Waals surface area contributed by atoms with Gasteiger partial charge in [-0.3, -0.25) is 4.79 Å². The Morgan fingerprint density at radius 1 is 1.18 bits per heavy atom. The van der Waals surface area contributed by atoms with Crippen LogP contribution in [0.2, 0.25) is 0 Å². The third kappa shape index (κ3) is 2.49.